The number of aromatic amines is 1. The highest BCUT2D eigenvalue weighted by Gasteiger charge is 2.17. The first-order valence-electron chi connectivity index (χ1n) is 9.02. The Morgan fingerprint density at radius 1 is 1.04 bits per heavy atom. The number of aromatic nitrogens is 2. The number of benzene rings is 2. The van der Waals surface area contributed by atoms with E-state index in [4.69, 9.17) is 4.42 Å². The lowest BCUT2D eigenvalue weighted by Crippen LogP contribution is -2.24. The minimum Gasteiger partial charge on any atom is -0.449 e. The summed E-state index contributed by atoms with van der Waals surface area (Å²) in [5.41, 5.74) is 2.44. The van der Waals surface area contributed by atoms with Crippen molar-refractivity contribution in [1.82, 2.24) is 15.3 Å². The number of fused-ring (bicyclic) bond motifs is 3. The van der Waals surface area contributed by atoms with Gasteiger partial charge in [0.1, 0.15) is 16.9 Å². The maximum absolute atomic E-state index is 12.5. The van der Waals surface area contributed by atoms with Crippen molar-refractivity contribution in [2.45, 2.75) is 12.6 Å². The SMILES string of the molecule is O=c1[nH]c(CN[C@@H](c2ccccc2)c2cccs2)nc2c1oc1ccccc12. The number of hydrogen-bond acceptors (Lipinski definition) is 5. The molecule has 5 rings (SSSR count). The second-order valence-electron chi connectivity index (χ2n) is 6.53. The maximum Gasteiger partial charge on any atom is 0.294 e. The molecule has 2 aromatic carbocycles. The first kappa shape index (κ1) is 16.9. The van der Waals surface area contributed by atoms with E-state index in [0.717, 1.165) is 5.39 Å². The molecule has 138 valence electrons. The number of rotatable bonds is 5. The van der Waals surface area contributed by atoms with E-state index in [1.165, 1.54) is 10.4 Å². The summed E-state index contributed by atoms with van der Waals surface area (Å²) < 4.78 is 5.67. The van der Waals surface area contributed by atoms with Crippen molar-refractivity contribution in [3.05, 3.63) is 98.7 Å². The topological polar surface area (TPSA) is 70.9 Å². The molecule has 5 nitrogen and oxygen atoms in total. The molecule has 0 radical (unpaired) electrons. The van der Waals surface area contributed by atoms with E-state index in [1.807, 2.05) is 48.5 Å². The molecule has 5 aromatic rings. The van der Waals surface area contributed by atoms with Crippen LogP contribution in [0.5, 0.6) is 0 Å². The quantitative estimate of drug-likeness (QED) is 0.462. The molecule has 28 heavy (non-hydrogen) atoms. The highest BCUT2D eigenvalue weighted by atomic mass is 32.1. The van der Waals surface area contributed by atoms with Crippen LogP contribution in [0.3, 0.4) is 0 Å². The van der Waals surface area contributed by atoms with Crippen molar-refractivity contribution in [1.29, 1.82) is 0 Å². The van der Waals surface area contributed by atoms with Gasteiger partial charge in [0.2, 0.25) is 5.58 Å². The Kier molecular flexibility index (Phi) is 4.27. The van der Waals surface area contributed by atoms with Gasteiger partial charge in [-0.1, -0.05) is 48.5 Å². The molecule has 0 spiro atoms. The highest BCUT2D eigenvalue weighted by Crippen LogP contribution is 2.27. The standard InChI is InChI=1S/C22H17N3O2S/c26-22-21-20(15-9-4-5-10-16(15)27-21)24-18(25-22)13-23-19(17-11-6-12-28-17)14-7-2-1-3-8-14/h1-12,19,23H,13H2,(H,24,25,26)/t19-/m0/s1. The van der Waals surface area contributed by atoms with Gasteiger partial charge in [0.25, 0.3) is 5.56 Å². The van der Waals surface area contributed by atoms with Crippen LogP contribution < -0.4 is 10.9 Å². The van der Waals surface area contributed by atoms with Gasteiger partial charge < -0.3 is 9.40 Å². The van der Waals surface area contributed by atoms with E-state index >= 15 is 0 Å². The smallest absolute Gasteiger partial charge is 0.294 e. The second-order valence-corrected chi connectivity index (χ2v) is 7.51. The first-order valence-corrected chi connectivity index (χ1v) is 9.90. The van der Waals surface area contributed by atoms with E-state index in [2.05, 4.69) is 38.9 Å². The van der Waals surface area contributed by atoms with E-state index in [-0.39, 0.29) is 17.2 Å². The Hall–Kier alpha value is -3.22. The van der Waals surface area contributed by atoms with Crippen molar-refractivity contribution < 1.29 is 4.42 Å². The zero-order valence-corrected chi connectivity index (χ0v) is 15.7. The Morgan fingerprint density at radius 2 is 1.86 bits per heavy atom. The summed E-state index contributed by atoms with van der Waals surface area (Å²) in [6, 6.07) is 22.0. The molecule has 0 saturated carbocycles. The molecule has 1 atom stereocenters. The second kappa shape index (κ2) is 7.07. The van der Waals surface area contributed by atoms with Crippen molar-refractivity contribution in [3.8, 4) is 0 Å². The van der Waals surface area contributed by atoms with E-state index < -0.39 is 0 Å². The molecule has 0 amide bonds. The molecule has 3 aromatic heterocycles. The van der Waals surface area contributed by atoms with Crippen LogP contribution in [0, 0.1) is 0 Å². The molecular weight excluding hydrogens is 370 g/mol. The van der Waals surface area contributed by atoms with Crippen LogP contribution in [0.2, 0.25) is 0 Å². The average Bonchev–Trinajstić information content (AvgIpc) is 3.38. The lowest BCUT2D eigenvalue weighted by molar-refractivity contribution is 0.592. The number of furan rings is 1. The van der Waals surface area contributed by atoms with Gasteiger partial charge in [-0.15, -0.1) is 11.3 Å². The molecule has 0 unspecified atom stereocenters. The molecule has 0 bridgehead atoms. The number of para-hydroxylation sites is 1. The first-order chi connectivity index (χ1) is 13.8. The fourth-order valence-electron chi connectivity index (χ4n) is 3.41. The third-order valence-corrected chi connectivity index (χ3v) is 5.65. The van der Waals surface area contributed by atoms with Crippen LogP contribution in [-0.2, 0) is 6.54 Å². The van der Waals surface area contributed by atoms with E-state index in [0.29, 0.717) is 23.5 Å². The van der Waals surface area contributed by atoms with Gasteiger partial charge in [0, 0.05) is 10.3 Å². The molecular formula is C22H17N3O2S. The predicted molar refractivity (Wildman–Crippen MR) is 112 cm³/mol. The van der Waals surface area contributed by atoms with Crippen LogP contribution >= 0.6 is 11.3 Å². The van der Waals surface area contributed by atoms with Gasteiger partial charge in [0.15, 0.2) is 0 Å². The van der Waals surface area contributed by atoms with Crippen LogP contribution in [0.25, 0.3) is 22.1 Å². The summed E-state index contributed by atoms with van der Waals surface area (Å²) in [5, 5.41) is 6.45. The highest BCUT2D eigenvalue weighted by molar-refractivity contribution is 7.10. The Bertz CT molecular complexity index is 1290. The van der Waals surface area contributed by atoms with Gasteiger partial charge in [-0.2, -0.15) is 0 Å². The normalized spacial score (nSPS) is 12.6. The molecule has 6 heteroatoms. The molecule has 3 heterocycles. The Morgan fingerprint density at radius 3 is 2.68 bits per heavy atom. The number of hydrogen-bond donors (Lipinski definition) is 2. The molecule has 0 aliphatic rings. The minimum atomic E-state index is -0.259. The van der Waals surface area contributed by atoms with Crippen LogP contribution in [0.1, 0.15) is 22.3 Å². The maximum atomic E-state index is 12.5. The van der Waals surface area contributed by atoms with E-state index in [1.54, 1.807) is 11.3 Å². The largest absolute Gasteiger partial charge is 0.449 e. The lowest BCUT2D eigenvalue weighted by atomic mass is 10.1. The fourth-order valence-corrected chi connectivity index (χ4v) is 4.24. The number of nitrogens with zero attached hydrogens (tertiary/aromatic N) is 1. The average molecular weight is 387 g/mol. The van der Waals surface area contributed by atoms with Crippen molar-refractivity contribution in [2.75, 3.05) is 0 Å². The van der Waals surface area contributed by atoms with Gasteiger partial charge in [-0.05, 0) is 29.1 Å². The fraction of sp³-hybridized carbons (Fsp3) is 0.0909. The molecule has 0 aliphatic heterocycles. The van der Waals surface area contributed by atoms with Crippen molar-refractivity contribution in [3.63, 3.8) is 0 Å². The van der Waals surface area contributed by atoms with Crippen LogP contribution in [0.15, 0.2) is 81.3 Å². The molecule has 2 N–H and O–H groups in total. The minimum absolute atomic E-state index is 0.0308. The summed E-state index contributed by atoms with van der Waals surface area (Å²) in [4.78, 5) is 21.2. The van der Waals surface area contributed by atoms with Crippen molar-refractivity contribution >= 4 is 33.4 Å². The van der Waals surface area contributed by atoms with Crippen LogP contribution in [-0.4, -0.2) is 9.97 Å². The molecule has 0 saturated heterocycles. The lowest BCUT2D eigenvalue weighted by Gasteiger charge is -2.17. The van der Waals surface area contributed by atoms with Gasteiger partial charge in [-0.25, -0.2) is 4.98 Å². The summed E-state index contributed by atoms with van der Waals surface area (Å²) >= 11 is 1.70. The van der Waals surface area contributed by atoms with Crippen molar-refractivity contribution in [2.24, 2.45) is 0 Å². The molecule has 0 aliphatic carbocycles. The monoisotopic (exact) mass is 387 g/mol. The third-order valence-electron chi connectivity index (χ3n) is 4.71. The van der Waals surface area contributed by atoms with Gasteiger partial charge >= 0.3 is 0 Å². The Labute approximate surface area is 164 Å². The van der Waals surface area contributed by atoms with Gasteiger partial charge in [0.05, 0.1) is 12.6 Å². The van der Waals surface area contributed by atoms with E-state index in [9.17, 15) is 4.79 Å². The molecule has 0 fully saturated rings. The summed E-state index contributed by atoms with van der Waals surface area (Å²) in [6.07, 6.45) is 0. The summed E-state index contributed by atoms with van der Waals surface area (Å²) in [7, 11) is 0. The zero-order valence-electron chi connectivity index (χ0n) is 14.9. The summed E-state index contributed by atoms with van der Waals surface area (Å²) in [5.74, 6) is 0.585. The Balaban J connectivity index is 1.50. The summed E-state index contributed by atoms with van der Waals surface area (Å²) in [6.45, 7) is 0.433. The number of nitrogens with one attached hydrogen (secondary N) is 2. The predicted octanol–water partition coefficient (Wildman–Crippen LogP) is 4.61. The zero-order chi connectivity index (χ0) is 18.9. The number of thiophene rings is 1. The third kappa shape index (κ3) is 3.02. The van der Waals surface area contributed by atoms with Crippen LogP contribution in [0.4, 0.5) is 0 Å². The number of H-pyrrole nitrogens is 1. The van der Waals surface area contributed by atoms with Gasteiger partial charge in [-0.3, -0.25) is 10.1 Å².